The molecular formula is C49H72N10O3. The van der Waals surface area contributed by atoms with Crippen molar-refractivity contribution in [2.75, 3.05) is 87.5 Å². The summed E-state index contributed by atoms with van der Waals surface area (Å²) in [6.07, 6.45) is 15.3. The summed E-state index contributed by atoms with van der Waals surface area (Å²) in [7, 11) is 0. The Morgan fingerprint density at radius 1 is 0.839 bits per heavy atom. The van der Waals surface area contributed by atoms with Crippen molar-refractivity contribution in [1.82, 2.24) is 35.0 Å². The van der Waals surface area contributed by atoms with Crippen LogP contribution in [-0.2, 0) is 4.79 Å². The Kier molecular flexibility index (Phi) is 11.9. The fourth-order valence-corrected chi connectivity index (χ4v) is 13.1. The molecule has 13 heteroatoms. The number of benzene rings is 1. The molecule has 1 aliphatic carbocycles. The molecule has 1 amide bonds. The van der Waals surface area contributed by atoms with Crippen LogP contribution in [0.1, 0.15) is 109 Å². The minimum absolute atomic E-state index is 0.167. The number of nitrogens with zero attached hydrogens (tertiary/aromatic N) is 9. The normalized spacial score (nSPS) is 28.3. The van der Waals surface area contributed by atoms with Gasteiger partial charge in [-0.25, -0.2) is 0 Å². The number of nitrogen functional groups attached to an aromatic ring is 1. The van der Waals surface area contributed by atoms with E-state index in [1.807, 2.05) is 24.3 Å². The van der Waals surface area contributed by atoms with Gasteiger partial charge < -0.3 is 39.9 Å². The fraction of sp³-hybridized carbons (Fsp3) is 0.714. The number of nitrogens with two attached hydrogens (primary N) is 1. The van der Waals surface area contributed by atoms with Gasteiger partial charge in [-0.2, -0.15) is 0 Å². The molecular weight excluding hydrogens is 777 g/mol. The smallest absolute Gasteiger partial charge is 0.233 e. The number of likely N-dealkylation sites (tertiary alicyclic amines) is 3. The van der Waals surface area contributed by atoms with Gasteiger partial charge in [0.15, 0.2) is 17.4 Å². The van der Waals surface area contributed by atoms with Gasteiger partial charge in [-0.1, -0.05) is 31.1 Å². The number of hydrogen-bond acceptors (Lipinski definition) is 12. The summed E-state index contributed by atoms with van der Waals surface area (Å²) in [4.78, 5) is 29.0. The van der Waals surface area contributed by atoms with Crippen LogP contribution in [-0.4, -0.2) is 142 Å². The number of fused-ring (bicyclic) bond motifs is 2. The van der Waals surface area contributed by atoms with E-state index in [9.17, 15) is 9.90 Å². The molecule has 1 aromatic carbocycles. The highest BCUT2D eigenvalue weighted by Crippen LogP contribution is 2.52. The topological polar surface area (TPSA) is 135 Å². The van der Waals surface area contributed by atoms with Gasteiger partial charge in [0.1, 0.15) is 11.7 Å². The molecule has 13 nitrogen and oxygen atoms in total. The number of rotatable bonds is 11. The molecule has 1 spiro atoms. The minimum Gasteiger partial charge on any atom is -0.507 e. The maximum absolute atomic E-state index is 13.6. The lowest BCUT2D eigenvalue weighted by Gasteiger charge is -2.57. The number of aromatic nitrogens is 3. The van der Waals surface area contributed by atoms with Gasteiger partial charge in [0.05, 0.1) is 11.4 Å². The molecule has 5 unspecified atom stereocenters. The van der Waals surface area contributed by atoms with Crippen LogP contribution in [0.4, 0.5) is 17.3 Å². The monoisotopic (exact) mass is 849 g/mol. The zero-order valence-corrected chi connectivity index (χ0v) is 37.7. The van der Waals surface area contributed by atoms with Crippen molar-refractivity contribution in [3.05, 3.63) is 42.2 Å². The summed E-state index contributed by atoms with van der Waals surface area (Å²) >= 11 is 0. The van der Waals surface area contributed by atoms with Gasteiger partial charge in [0, 0.05) is 88.2 Å². The third-order valence-corrected chi connectivity index (χ3v) is 16.8. The Morgan fingerprint density at radius 3 is 2.29 bits per heavy atom. The molecule has 10 rings (SSSR count). The summed E-state index contributed by atoms with van der Waals surface area (Å²) in [5.74, 6) is 3.91. The zero-order valence-electron chi connectivity index (χ0n) is 37.7. The van der Waals surface area contributed by atoms with E-state index >= 15 is 0 Å². The predicted molar refractivity (Wildman–Crippen MR) is 244 cm³/mol. The first kappa shape index (κ1) is 42.0. The number of hydrogen-bond donors (Lipinski definition) is 2. The van der Waals surface area contributed by atoms with Crippen molar-refractivity contribution < 1.29 is 14.4 Å². The van der Waals surface area contributed by atoms with E-state index in [-0.39, 0.29) is 23.5 Å². The molecule has 6 saturated heterocycles. The first-order valence-corrected chi connectivity index (χ1v) is 24.5. The quantitative estimate of drug-likeness (QED) is 0.213. The van der Waals surface area contributed by atoms with Gasteiger partial charge in [-0.3, -0.25) is 9.69 Å². The van der Waals surface area contributed by atoms with Crippen LogP contribution >= 0.6 is 0 Å². The molecule has 0 radical (unpaired) electrons. The first-order chi connectivity index (χ1) is 30.1. The van der Waals surface area contributed by atoms with Crippen molar-refractivity contribution in [3.63, 3.8) is 0 Å². The van der Waals surface area contributed by atoms with E-state index in [1.54, 1.807) is 6.07 Å². The highest BCUT2D eigenvalue weighted by Gasteiger charge is 2.49. The molecule has 62 heavy (non-hydrogen) atoms. The average Bonchev–Trinajstić information content (AvgIpc) is 3.98. The van der Waals surface area contributed by atoms with E-state index in [1.165, 1.54) is 103 Å². The molecule has 5 atom stereocenters. The Bertz CT molecular complexity index is 2000. The van der Waals surface area contributed by atoms with Crippen LogP contribution in [0.25, 0.3) is 11.3 Å². The second-order valence-corrected chi connectivity index (χ2v) is 21.1. The molecule has 336 valence electrons. The highest BCUT2D eigenvalue weighted by molar-refractivity contribution is 5.84. The molecule has 1 saturated carbocycles. The second-order valence-electron chi connectivity index (χ2n) is 21.1. The van der Waals surface area contributed by atoms with Crippen molar-refractivity contribution in [3.8, 4) is 17.0 Å². The number of para-hydroxylation sites is 1. The molecule has 3 aromatic rings. The van der Waals surface area contributed by atoms with Gasteiger partial charge >= 0.3 is 0 Å². The number of carbonyl (C=O) groups is 1. The Labute approximate surface area is 369 Å². The molecule has 7 aliphatic rings. The van der Waals surface area contributed by atoms with E-state index in [2.05, 4.69) is 71.6 Å². The number of piperazine rings is 1. The lowest BCUT2D eigenvalue weighted by Crippen LogP contribution is -2.59. The van der Waals surface area contributed by atoms with Gasteiger partial charge in [-0.05, 0) is 145 Å². The average molecular weight is 849 g/mol. The number of anilines is 3. The van der Waals surface area contributed by atoms with Crippen molar-refractivity contribution in [2.45, 2.75) is 128 Å². The number of phenols is 1. The van der Waals surface area contributed by atoms with Gasteiger partial charge in [-0.15, -0.1) is 10.2 Å². The minimum atomic E-state index is -0.264. The third kappa shape index (κ3) is 8.42. The lowest BCUT2D eigenvalue weighted by atomic mass is 9.59. The molecule has 2 bridgehead atoms. The van der Waals surface area contributed by atoms with Crippen LogP contribution in [0, 0.1) is 23.2 Å². The summed E-state index contributed by atoms with van der Waals surface area (Å²) in [5, 5.41) is 23.6. The zero-order chi connectivity index (χ0) is 42.5. The predicted octanol–water partition coefficient (Wildman–Crippen LogP) is 6.70. The van der Waals surface area contributed by atoms with Crippen molar-refractivity contribution in [1.29, 1.82) is 0 Å². The first-order valence-electron chi connectivity index (χ1n) is 24.5. The van der Waals surface area contributed by atoms with Crippen LogP contribution < -0.4 is 15.5 Å². The lowest BCUT2D eigenvalue weighted by molar-refractivity contribution is -0.134. The summed E-state index contributed by atoms with van der Waals surface area (Å²) < 4.78 is 5.90. The van der Waals surface area contributed by atoms with Gasteiger partial charge in [0.2, 0.25) is 5.91 Å². The molecule has 8 heterocycles. The molecule has 2 aromatic heterocycles. The van der Waals surface area contributed by atoms with Crippen molar-refractivity contribution in [2.24, 2.45) is 23.2 Å². The van der Waals surface area contributed by atoms with Crippen LogP contribution in [0.5, 0.6) is 5.75 Å². The third-order valence-electron chi connectivity index (χ3n) is 16.8. The van der Waals surface area contributed by atoms with E-state index in [0.29, 0.717) is 40.6 Å². The van der Waals surface area contributed by atoms with Gasteiger partial charge in [0.25, 0.3) is 0 Å². The number of amides is 1. The Balaban J connectivity index is 0.657. The Morgan fingerprint density at radius 2 is 1.58 bits per heavy atom. The number of phenolic OH excluding ortho intramolecular Hbond substituents is 1. The second kappa shape index (κ2) is 17.6. The Hall–Kier alpha value is -3.94. The van der Waals surface area contributed by atoms with Crippen molar-refractivity contribution >= 4 is 23.2 Å². The summed E-state index contributed by atoms with van der Waals surface area (Å²) in [5.41, 5.74) is 9.30. The van der Waals surface area contributed by atoms with Crippen LogP contribution in [0.3, 0.4) is 0 Å². The highest BCUT2D eigenvalue weighted by atomic mass is 16.5. The maximum atomic E-state index is 13.6. The van der Waals surface area contributed by atoms with E-state index in [4.69, 9.17) is 10.3 Å². The van der Waals surface area contributed by atoms with Crippen LogP contribution in [0.2, 0.25) is 0 Å². The summed E-state index contributed by atoms with van der Waals surface area (Å²) in [6.45, 7) is 18.7. The number of carbonyl (C=O) groups excluding carboxylic acids is 1. The molecule has 6 aliphatic heterocycles. The van der Waals surface area contributed by atoms with Crippen LogP contribution in [0.15, 0.2) is 40.9 Å². The van der Waals surface area contributed by atoms with E-state index < -0.39 is 0 Å². The molecule has 7 fully saturated rings. The standard InChI is InChI=1S/C49H72N10O3/c1-33(2)46(48(61)58-19-6-8-34(58)3)44-25-45(53-62-44)55-20-14-35(15-21-55)28-54-22-16-49(17-23-54)26-39(27-49)56-18-7-9-36(29-56)30-59-37-12-13-38(59)32-57(31-37)42-24-41(51-52-47(42)50)40-10-4-5-11-43(40)60/h4-5,10-11,24-25,33-39,46,60H,6-9,12-23,26-32H2,1-3H3,(H2,50,52). The largest absolute Gasteiger partial charge is 0.507 e. The summed E-state index contributed by atoms with van der Waals surface area (Å²) in [6, 6.07) is 13.6. The number of aromatic hydroxyl groups is 1. The fourth-order valence-electron chi connectivity index (χ4n) is 13.1. The van der Waals surface area contributed by atoms with E-state index in [0.717, 1.165) is 80.7 Å². The maximum Gasteiger partial charge on any atom is 0.233 e. The SMILES string of the molecule is CC(C)C(C(=O)N1CCCC1C)c1cc(N2CCC(CN3CCC4(CC3)CC(N3CCCC(CN5C6CCC5CN(c5cc(-c7ccccc7O)nnc5N)C6)C3)C4)CC2)no1. The number of piperidine rings is 3. The molecule has 3 N–H and O–H groups in total.